The van der Waals surface area contributed by atoms with Crippen LogP contribution in [-0.2, 0) is 15.6 Å². The van der Waals surface area contributed by atoms with E-state index in [9.17, 15) is 9.90 Å². The highest BCUT2D eigenvalue weighted by molar-refractivity contribution is 5.77. The molecule has 2 nitrogen and oxygen atoms in total. The first-order valence-electron chi connectivity index (χ1n) is 11.7. The third kappa shape index (κ3) is 9.48. The number of carbonyl (C=O) groups excluding carboxylic acids is 1. The lowest BCUT2D eigenvalue weighted by molar-refractivity contribution is -0.597. The zero-order chi connectivity index (χ0) is 23.8. The molecular weight excluding hydrogens is 507 g/mol. The van der Waals surface area contributed by atoms with Gasteiger partial charge in [-0.2, -0.15) is 0 Å². The highest BCUT2D eigenvalue weighted by Crippen LogP contribution is 2.24. The lowest BCUT2D eigenvalue weighted by Gasteiger charge is -2.18. The van der Waals surface area contributed by atoms with Gasteiger partial charge in [0.05, 0.1) is 5.97 Å². The number of hydrogen-bond donors (Lipinski definition) is 0. The van der Waals surface area contributed by atoms with Gasteiger partial charge in [0.25, 0.3) is 0 Å². The first-order valence-corrected chi connectivity index (χ1v) is 13.9. The minimum Gasteiger partial charge on any atom is -0.545 e. The van der Waals surface area contributed by atoms with E-state index in [1.165, 1.54) is 37.5 Å². The number of carboxylic acid groups (broad SMARTS) is 1. The van der Waals surface area contributed by atoms with Gasteiger partial charge in [-0.05, 0) is 71.1 Å². The first-order chi connectivity index (χ1) is 14.9. The Kier molecular flexibility index (Phi) is 10.00. The van der Waals surface area contributed by atoms with Crippen LogP contribution in [0.15, 0.2) is 60.7 Å². The van der Waals surface area contributed by atoms with Crippen LogP contribution in [0.4, 0.5) is 0 Å². The van der Waals surface area contributed by atoms with Crippen molar-refractivity contribution >= 4 is 5.97 Å². The van der Waals surface area contributed by atoms with Gasteiger partial charge in [0.2, 0.25) is 0 Å². The van der Waals surface area contributed by atoms with Gasteiger partial charge in [0.1, 0.15) is 0 Å². The minimum atomic E-state index is -1.07. The van der Waals surface area contributed by atoms with Crippen LogP contribution in [0.25, 0.3) is 0 Å². The Labute approximate surface area is 205 Å². The van der Waals surface area contributed by atoms with Gasteiger partial charge in [0, 0.05) is 0 Å². The summed E-state index contributed by atoms with van der Waals surface area (Å²) in [5.74, 6) is -0.586. The molecule has 0 radical (unpaired) electrons. The molecule has 2 aromatic rings. The van der Waals surface area contributed by atoms with Crippen molar-refractivity contribution < 1.29 is 31.1 Å². The summed E-state index contributed by atoms with van der Waals surface area (Å²) in [6.07, 6.45) is 9.00. The van der Waals surface area contributed by atoms with E-state index >= 15 is 0 Å². The fourth-order valence-electron chi connectivity index (χ4n) is 3.69. The summed E-state index contributed by atoms with van der Waals surface area (Å²) in [6.45, 7) is 13.6. The standard InChI is InChI=1S/C20H26I.C9H14O2/c1-19(2,3)15-7-11-17(12-8-15)21-18-13-9-16(10-14-18)20(4,5)6;10-9(11)7-6-8-4-2-1-3-5-8/h7-14H,1-6H3;6-8H,1-5H2,(H,10,11)/q+1;/p-1/b;7-6+. The van der Waals surface area contributed by atoms with Crippen LogP contribution >= 0.6 is 0 Å². The Hall–Kier alpha value is -1.62. The Balaban J connectivity index is 0.000000278. The lowest BCUT2D eigenvalue weighted by atomic mass is 9.87. The first kappa shape index (κ1) is 26.6. The van der Waals surface area contributed by atoms with Gasteiger partial charge in [-0.25, -0.2) is 0 Å². The average molecular weight is 547 g/mol. The van der Waals surface area contributed by atoms with Crippen LogP contribution in [0.2, 0.25) is 0 Å². The van der Waals surface area contributed by atoms with Gasteiger partial charge < -0.3 is 9.90 Å². The molecule has 3 rings (SSSR count). The highest BCUT2D eigenvalue weighted by atomic mass is 127. The Morgan fingerprint density at radius 2 is 1.19 bits per heavy atom. The monoisotopic (exact) mass is 546 g/mol. The van der Waals surface area contributed by atoms with Crippen molar-refractivity contribution in [3.63, 3.8) is 0 Å². The van der Waals surface area contributed by atoms with Crippen molar-refractivity contribution in [3.8, 4) is 0 Å². The third-order valence-electron chi connectivity index (χ3n) is 5.79. The smallest absolute Gasteiger partial charge is 0.357 e. The van der Waals surface area contributed by atoms with Crippen molar-refractivity contribution in [2.24, 2.45) is 5.92 Å². The van der Waals surface area contributed by atoms with Crippen molar-refractivity contribution in [2.75, 3.05) is 0 Å². The van der Waals surface area contributed by atoms with Crippen molar-refractivity contribution in [3.05, 3.63) is 79.0 Å². The predicted octanol–water partition coefficient (Wildman–Crippen LogP) is 3.28. The zero-order valence-corrected chi connectivity index (χ0v) is 22.7. The molecule has 0 heterocycles. The molecule has 0 unspecified atom stereocenters. The average Bonchev–Trinajstić information content (AvgIpc) is 2.73. The van der Waals surface area contributed by atoms with E-state index in [-0.39, 0.29) is 32.0 Å². The number of rotatable bonds is 4. The summed E-state index contributed by atoms with van der Waals surface area (Å²) < 4.78 is 2.98. The maximum atomic E-state index is 10.0. The molecule has 174 valence electrons. The van der Waals surface area contributed by atoms with E-state index < -0.39 is 5.97 Å². The summed E-state index contributed by atoms with van der Waals surface area (Å²) in [5.41, 5.74) is 3.31. The second-order valence-electron chi connectivity index (χ2n) is 10.7. The molecule has 0 aromatic heterocycles. The predicted molar refractivity (Wildman–Crippen MR) is 128 cm³/mol. The summed E-state index contributed by atoms with van der Waals surface area (Å²) in [4.78, 5) is 10.0. The molecule has 0 N–H and O–H groups in total. The Morgan fingerprint density at radius 1 is 0.781 bits per heavy atom. The van der Waals surface area contributed by atoms with Crippen LogP contribution in [0, 0.1) is 13.1 Å². The molecule has 1 aliphatic carbocycles. The van der Waals surface area contributed by atoms with E-state index in [1.54, 1.807) is 6.08 Å². The minimum absolute atomic E-state index is 0.0703. The molecule has 1 fully saturated rings. The number of carbonyl (C=O) groups is 1. The summed E-state index contributed by atoms with van der Waals surface area (Å²) in [7, 11) is 0. The van der Waals surface area contributed by atoms with Crippen molar-refractivity contribution in [2.45, 2.75) is 84.5 Å². The van der Waals surface area contributed by atoms with Crippen LogP contribution in [0.1, 0.15) is 84.8 Å². The van der Waals surface area contributed by atoms with E-state index in [0.29, 0.717) is 5.92 Å². The van der Waals surface area contributed by atoms with E-state index in [4.69, 9.17) is 0 Å². The molecule has 1 aliphatic rings. The van der Waals surface area contributed by atoms with Crippen LogP contribution in [0.5, 0.6) is 0 Å². The molecule has 0 saturated heterocycles. The van der Waals surface area contributed by atoms with Crippen LogP contribution in [0.3, 0.4) is 0 Å². The van der Waals surface area contributed by atoms with Gasteiger partial charge in [-0.1, -0.05) is 91.1 Å². The van der Waals surface area contributed by atoms with E-state index in [0.717, 1.165) is 18.9 Å². The molecule has 2 aromatic carbocycles. The number of aliphatic carboxylic acids is 1. The number of allylic oxidation sites excluding steroid dienone is 1. The number of carboxylic acids is 1. The summed E-state index contributed by atoms with van der Waals surface area (Å²) >= 11 is -0.0703. The largest absolute Gasteiger partial charge is 0.545 e. The molecule has 3 heteroatoms. The number of benzene rings is 2. The highest BCUT2D eigenvalue weighted by Gasteiger charge is 2.20. The van der Waals surface area contributed by atoms with E-state index in [1.807, 2.05) is 0 Å². The number of halogens is 1. The fraction of sp³-hybridized carbons (Fsp3) is 0.483. The van der Waals surface area contributed by atoms with Crippen molar-refractivity contribution in [1.82, 2.24) is 0 Å². The summed E-state index contributed by atoms with van der Waals surface area (Å²) in [6, 6.07) is 18.4. The molecular formula is C29H39IO2. The van der Waals surface area contributed by atoms with Gasteiger partial charge in [-0.3, -0.25) is 0 Å². The second-order valence-corrected chi connectivity index (χ2v) is 13.7. The molecule has 0 amide bonds. The molecule has 0 atom stereocenters. The zero-order valence-electron chi connectivity index (χ0n) is 20.6. The Morgan fingerprint density at radius 3 is 1.53 bits per heavy atom. The normalized spacial score (nSPS) is 15.3. The van der Waals surface area contributed by atoms with Gasteiger partial charge >= 0.3 is 21.2 Å². The van der Waals surface area contributed by atoms with Crippen molar-refractivity contribution in [1.29, 1.82) is 0 Å². The topological polar surface area (TPSA) is 40.1 Å². The SMILES string of the molecule is CC(C)(C)c1ccc([I+]c2ccc(C(C)(C)C)cc2)cc1.O=C([O-])/C=C/C1CCCCC1. The van der Waals surface area contributed by atoms with Gasteiger partial charge in [-0.15, -0.1) is 0 Å². The fourth-order valence-corrected chi connectivity index (χ4v) is 5.85. The van der Waals surface area contributed by atoms with Crippen LogP contribution in [-0.4, -0.2) is 5.97 Å². The van der Waals surface area contributed by atoms with Gasteiger partial charge in [0.15, 0.2) is 7.14 Å². The lowest BCUT2D eigenvalue weighted by Crippen LogP contribution is -3.61. The Bertz CT molecular complexity index is 804. The maximum Gasteiger partial charge on any atom is 0.357 e. The molecule has 1 saturated carbocycles. The summed E-state index contributed by atoms with van der Waals surface area (Å²) in [5, 5.41) is 10.0. The second kappa shape index (κ2) is 12.0. The maximum absolute atomic E-state index is 10.0. The molecule has 0 bridgehead atoms. The molecule has 0 spiro atoms. The number of hydrogen-bond acceptors (Lipinski definition) is 2. The van der Waals surface area contributed by atoms with E-state index in [2.05, 4.69) is 90.1 Å². The third-order valence-corrected chi connectivity index (χ3v) is 8.48. The quantitative estimate of drug-likeness (QED) is 0.437. The van der Waals surface area contributed by atoms with Crippen LogP contribution < -0.4 is 26.3 Å². The molecule has 32 heavy (non-hydrogen) atoms. The molecule has 0 aliphatic heterocycles.